The zero-order valence-corrected chi connectivity index (χ0v) is 18.6. The van der Waals surface area contributed by atoms with Crippen molar-refractivity contribution < 1.29 is 14.3 Å². The van der Waals surface area contributed by atoms with E-state index in [0.717, 1.165) is 18.4 Å². The molecular formula is C24H27N3O3S. The number of rotatable bonds is 10. The Bertz CT molecular complexity index is 986. The average molecular weight is 438 g/mol. The summed E-state index contributed by atoms with van der Waals surface area (Å²) in [5.41, 5.74) is 1.98. The number of anilines is 1. The molecule has 0 fully saturated rings. The molecule has 2 heterocycles. The molecule has 0 spiro atoms. The fourth-order valence-electron chi connectivity index (χ4n) is 2.95. The summed E-state index contributed by atoms with van der Waals surface area (Å²) in [6.07, 6.45) is 3.88. The van der Waals surface area contributed by atoms with E-state index in [1.807, 2.05) is 31.4 Å². The van der Waals surface area contributed by atoms with Crippen molar-refractivity contribution in [2.45, 2.75) is 45.8 Å². The molecule has 0 saturated heterocycles. The smallest absolute Gasteiger partial charge is 0.251 e. The van der Waals surface area contributed by atoms with Crippen molar-refractivity contribution >= 4 is 28.8 Å². The summed E-state index contributed by atoms with van der Waals surface area (Å²) < 4.78 is 5.52. The Morgan fingerprint density at radius 2 is 2.00 bits per heavy atom. The first-order valence-corrected chi connectivity index (χ1v) is 11.2. The van der Waals surface area contributed by atoms with Crippen LogP contribution in [0, 0.1) is 0 Å². The van der Waals surface area contributed by atoms with E-state index < -0.39 is 0 Å². The third-order valence-corrected chi connectivity index (χ3v) is 5.36. The summed E-state index contributed by atoms with van der Waals surface area (Å²) >= 11 is 1.70. The predicted octanol–water partition coefficient (Wildman–Crippen LogP) is 4.82. The molecule has 0 saturated carbocycles. The molecule has 0 bridgehead atoms. The second kappa shape index (κ2) is 11.3. The van der Waals surface area contributed by atoms with Gasteiger partial charge in [-0.3, -0.25) is 9.59 Å². The Balaban J connectivity index is 1.47. The number of hydrogen-bond donors (Lipinski definition) is 2. The van der Waals surface area contributed by atoms with Gasteiger partial charge < -0.3 is 15.4 Å². The fraction of sp³-hybridized carbons (Fsp3) is 0.292. The Hall–Kier alpha value is -3.19. The van der Waals surface area contributed by atoms with Gasteiger partial charge in [0.1, 0.15) is 0 Å². The van der Waals surface area contributed by atoms with Crippen LogP contribution in [0.1, 0.15) is 47.5 Å². The minimum atomic E-state index is -0.212. The number of pyridine rings is 1. The van der Waals surface area contributed by atoms with E-state index in [-0.39, 0.29) is 17.9 Å². The molecule has 0 atom stereocenters. The van der Waals surface area contributed by atoms with Gasteiger partial charge >= 0.3 is 0 Å². The number of nitrogens with zero attached hydrogens (tertiary/aromatic N) is 1. The number of aryl methyl sites for hydroxylation is 1. The normalized spacial score (nSPS) is 10.7. The topological polar surface area (TPSA) is 80.3 Å². The number of carbonyl (C=O) groups is 2. The van der Waals surface area contributed by atoms with Gasteiger partial charge in [-0.05, 0) is 61.9 Å². The van der Waals surface area contributed by atoms with Crippen LogP contribution in [0.3, 0.4) is 0 Å². The molecule has 3 rings (SSSR count). The fourth-order valence-corrected chi connectivity index (χ4v) is 3.70. The second-order valence-corrected chi connectivity index (χ2v) is 8.45. The molecule has 2 N–H and O–H groups in total. The quantitative estimate of drug-likeness (QED) is 0.476. The van der Waals surface area contributed by atoms with Gasteiger partial charge in [-0.1, -0.05) is 18.2 Å². The van der Waals surface area contributed by atoms with Gasteiger partial charge in [0, 0.05) is 41.4 Å². The summed E-state index contributed by atoms with van der Waals surface area (Å²) in [7, 11) is 0. The number of aromatic nitrogens is 1. The highest BCUT2D eigenvalue weighted by molar-refractivity contribution is 7.09. The van der Waals surface area contributed by atoms with Gasteiger partial charge in [-0.2, -0.15) is 0 Å². The second-order valence-electron chi connectivity index (χ2n) is 7.42. The number of thiophene rings is 1. The highest BCUT2D eigenvalue weighted by Crippen LogP contribution is 2.15. The zero-order valence-electron chi connectivity index (χ0n) is 17.8. The lowest BCUT2D eigenvalue weighted by atomic mass is 10.1. The van der Waals surface area contributed by atoms with Crippen LogP contribution in [0.25, 0.3) is 0 Å². The SMILES string of the molecule is CC(C)Oc1ccc(CNC(=O)c2cccc(NC(=O)CCCc3cccs3)c2)cn1. The van der Waals surface area contributed by atoms with E-state index in [1.165, 1.54) is 4.88 Å². The first-order chi connectivity index (χ1) is 15.0. The van der Waals surface area contributed by atoms with E-state index in [2.05, 4.69) is 21.7 Å². The molecule has 0 unspecified atom stereocenters. The van der Waals surface area contributed by atoms with Crippen LogP contribution in [0.5, 0.6) is 5.88 Å². The molecule has 0 radical (unpaired) electrons. The molecule has 0 aliphatic heterocycles. The first-order valence-electron chi connectivity index (χ1n) is 10.3. The minimum Gasteiger partial charge on any atom is -0.475 e. The molecule has 2 amide bonds. The molecule has 6 nitrogen and oxygen atoms in total. The lowest BCUT2D eigenvalue weighted by molar-refractivity contribution is -0.116. The number of benzene rings is 1. The number of carbonyl (C=O) groups excluding carboxylic acids is 2. The molecule has 1 aromatic carbocycles. The van der Waals surface area contributed by atoms with Crippen LogP contribution in [0.15, 0.2) is 60.1 Å². The third kappa shape index (κ3) is 7.53. The highest BCUT2D eigenvalue weighted by Gasteiger charge is 2.09. The van der Waals surface area contributed by atoms with Gasteiger partial charge in [-0.15, -0.1) is 11.3 Å². The predicted molar refractivity (Wildman–Crippen MR) is 123 cm³/mol. The van der Waals surface area contributed by atoms with Crippen LogP contribution in [-0.2, 0) is 17.8 Å². The van der Waals surface area contributed by atoms with Crippen molar-refractivity contribution in [1.82, 2.24) is 10.3 Å². The lowest BCUT2D eigenvalue weighted by Crippen LogP contribution is -2.23. The summed E-state index contributed by atoms with van der Waals surface area (Å²) in [5.74, 6) is 0.295. The Morgan fingerprint density at radius 1 is 1.13 bits per heavy atom. The van der Waals surface area contributed by atoms with E-state index in [4.69, 9.17) is 4.74 Å². The van der Waals surface area contributed by atoms with Crippen molar-refractivity contribution in [3.8, 4) is 5.88 Å². The van der Waals surface area contributed by atoms with Gasteiger partial charge in [0.05, 0.1) is 6.10 Å². The molecule has 7 heteroatoms. The summed E-state index contributed by atoms with van der Waals surface area (Å²) in [6, 6.07) is 14.7. The number of amides is 2. The maximum absolute atomic E-state index is 12.5. The van der Waals surface area contributed by atoms with Crippen LogP contribution in [-0.4, -0.2) is 22.9 Å². The van der Waals surface area contributed by atoms with Crippen LogP contribution in [0.2, 0.25) is 0 Å². The maximum Gasteiger partial charge on any atom is 0.251 e. The summed E-state index contributed by atoms with van der Waals surface area (Å²) in [6.45, 7) is 4.24. The van der Waals surface area contributed by atoms with E-state index in [1.54, 1.807) is 47.9 Å². The highest BCUT2D eigenvalue weighted by atomic mass is 32.1. The lowest BCUT2D eigenvalue weighted by Gasteiger charge is -2.10. The van der Waals surface area contributed by atoms with Crippen LogP contribution >= 0.6 is 11.3 Å². The first kappa shape index (κ1) is 22.5. The molecule has 162 valence electrons. The molecule has 3 aromatic rings. The molecule has 31 heavy (non-hydrogen) atoms. The van der Waals surface area contributed by atoms with Gasteiger partial charge in [0.25, 0.3) is 5.91 Å². The van der Waals surface area contributed by atoms with Gasteiger partial charge in [0.15, 0.2) is 0 Å². The summed E-state index contributed by atoms with van der Waals surface area (Å²) in [4.78, 5) is 30.2. The third-order valence-electron chi connectivity index (χ3n) is 4.42. The largest absolute Gasteiger partial charge is 0.475 e. The number of hydrogen-bond acceptors (Lipinski definition) is 5. The average Bonchev–Trinajstić information content (AvgIpc) is 3.26. The Kier molecular flexibility index (Phi) is 8.18. The molecule has 2 aromatic heterocycles. The van der Waals surface area contributed by atoms with Crippen LogP contribution in [0.4, 0.5) is 5.69 Å². The van der Waals surface area contributed by atoms with Crippen molar-refractivity contribution in [3.63, 3.8) is 0 Å². The van der Waals surface area contributed by atoms with Crippen molar-refractivity contribution in [3.05, 3.63) is 76.1 Å². The Labute approximate surface area is 186 Å². The number of nitrogens with one attached hydrogen (secondary N) is 2. The van der Waals surface area contributed by atoms with Crippen molar-refractivity contribution in [2.75, 3.05) is 5.32 Å². The van der Waals surface area contributed by atoms with E-state index in [0.29, 0.717) is 30.1 Å². The zero-order chi connectivity index (χ0) is 22.1. The maximum atomic E-state index is 12.5. The van der Waals surface area contributed by atoms with Crippen molar-refractivity contribution in [1.29, 1.82) is 0 Å². The van der Waals surface area contributed by atoms with E-state index >= 15 is 0 Å². The van der Waals surface area contributed by atoms with Gasteiger partial charge in [0.2, 0.25) is 11.8 Å². The molecule has 0 aliphatic rings. The minimum absolute atomic E-state index is 0.0519. The van der Waals surface area contributed by atoms with E-state index in [9.17, 15) is 9.59 Å². The Morgan fingerprint density at radius 3 is 2.71 bits per heavy atom. The van der Waals surface area contributed by atoms with Crippen LogP contribution < -0.4 is 15.4 Å². The molecular weight excluding hydrogens is 410 g/mol. The monoisotopic (exact) mass is 437 g/mol. The standard InChI is InChI=1S/C24H27N3O3S/c1-17(2)30-23-12-11-18(15-25-23)16-26-24(29)19-6-3-7-20(14-19)27-22(28)10-4-8-21-9-5-13-31-21/h3,5-7,9,11-15,17H,4,8,10,16H2,1-2H3,(H,26,29)(H,27,28). The van der Waals surface area contributed by atoms with Crippen molar-refractivity contribution in [2.24, 2.45) is 0 Å². The molecule has 0 aliphatic carbocycles. The number of ether oxygens (including phenoxy) is 1. The van der Waals surface area contributed by atoms with Gasteiger partial charge in [-0.25, -0.2) is 4.98 Å². The summed E-state index contributed by atoms with van der Waals surface area (Å²) in [5, 5.41) is 7.79.